The fraction of sp³-hybridized carbons (Fsp3) is 0.692. The Hall–Kier alpha value is -1.36. The second-order valence-corrected chi connectivity index (χ2v) is 5.56. The molecule has 0 heterocycles. The maximum atomic E-state index is 11.3. The third-order valence-electron chi connectivity index (χ3n) is 1.98. The Kier molecular flexibility index (Phi) is 6.05. The average Bonchev–Trinajstić information content (AvgIpc) is 2.11. The van der Waals surface area contributed by atoms with E-state index in [-0.39, 0.29) is 5.60 Å². The van der Waals surface area contributed by atoms with Gasteiger partial charge in [-0.3, -0.25) is 0 Å². The van der Waals surface area contributed by atoms with Crippen LogP contribution in [0.1, 0.15) is 41.0 Å². The van der Waals surface area contributed by atoms with Gasteiger partial charge in [0.05, 0.1) is 12.2 Å². The number of hydrogen-bond donors (Lipinski definition) is 1. The van der Waals surface area contributed by atoms with Gasteiger partial charge in [0.1, 0.15) is 5.60 Å². The number of esters is 1. The molecule has 0 saturated heterocycles. The van der Waals surface area contributed by atoms with E-state index in [2.05, 4.69) is 0 Å². The molecule has 5 nitrogen and oxygen atoms in total. The van der Waals surface area contributed by atoms with Gasteiger partial charge in [-0.2, -0.15) is 0 Å². The van der Waals surface area contributed by atoms with Gasteiger partial charge in [-0.15, -0.1) is 0 Å². The van der Waals surface area contributed by atoms with E-state index in [9.17, 15) is 9.59 Å². The van der Waals surface area contributed by atoms with Gasteiger partial charge in [0.15, 0.2) is 0 Å². The predicted octanol–water partition coefficient (Wildman–Crippen LogP) is 2.15. The van der Waals surface area contributed by atoms with E-state index in [0.29, 0.717) is 13.0 Å². The van der Waals surface area contributed by atoms with Crippen molar-refractivity contribution in [1.82, 2.24) is 0 Å². The van der Waals surface area contributed by atoms with E-state index in [0.717, 1.165) is 12.2 Å². The second-order valence-electron chi connectivity index (χ2n) is 5.56. The molecule has 0 aliphatic rings. The fourth-order valence-corrected chi connectivity index (χ4v) is 1.10. The molecule has 0 aliphatic heterocycles. The lowest BCUT2D eigenvalue weighted by molar-refractivity contribution is -0.153. The van der Waals surface area contributed by atoms with Crippen LogP contribution >= 0.6 is 0 Å². The highest BCUT2D eigenvalue weighted by atomic mass is 16.6. The number of carboxylic acids is 1. The normalized spacial score (nSPS) is 12.7. The van der Waals surface area contributed by atoms with Crippen LogP contribution in [0.2, 0.25) is 0 Å². The molecule has 0 atom stereocenters. The summed E-state index contributed by atoms with van der Waals surface area (Å²) in [6.45, 7) is 9.81. The molecule has 18 heavy (non-hydrogen) atoms. The minimum absolute atomic E-state index is 0.233. The molecule has 0 amide bonds. The first-order chi connectivity index (χ1) is 8.02. The van der Waals surface area contributed by atoms with Crippen molar-refractivity contribution < 1.29 is 24.2 Å². The van der Waals surface area contributed by atoms with Crippen LogP contribution in [0.25, 0.3) is 0 Å². The molecule has 0 spiro atoms. The van der Waals surface area contributed by atoms with E-state index in [1.165, 1.54) is 0 Å². The second kappa shape index (κ2) is 6.54. The van der Waals surface area contributed by atoms with Gasteiger partial charge in [0.25, 0.3) is 0 Å². The molecule has 5 heteroatoms. The molecule has 0 fully saturated rings. The van der Waals surface area contributed by atoms with E-state index in [4.69, 9.17) is 14.6 Å². The van der Waals surface area contributed by atoms with Crippen LogP contribution in [0.4, 0.5) is 0 Å². The zero-order valence-corrected chi connectivity index (χ0v) is 11.6. The van der Waals surface area contributed by atoms with Crippen molar-refractivity contribution in [3.05, 3.63) is 12.2 Å². The minimum atomic E-state index is -1.18. The quantitative estimate of drug-likeness (QED) is 0.583. The van der Waals surface area contributed by atoms with Crippen molar-refractivity contribution in [3.63, 3.8) is 0 Å². The van der Waals surface area contributed by atoms with Crippen LogP contribution in [0, 0.1) is 0 Å². The van der Waals surface area contributed by atoms with Crippen LogP contribution in [0.15, 0.2) is 12.2 Å². The smallest absolute Gasteiger partial charge is 0.331 e. The molecule has 0 aromatic carbocycles. The summed E-state index contributed by atoms with van der Waals surface area (Å²) in [7, 11) is 0. The van der Waals surface area contributed by atoms with Gasteiger partial charge in [-0.25, -0.2) is 9.59 Å². The molecule has 0 rings (SSSR count). The van der Waals surface area contributed by atoms with Crippen LogP contribution in [0.5, 0.6) is 0 Å². The van der Waals surface area contributed by atoms with Crippen molar-refractivity contribution >= 4 is 11.9 Å². The third kappa shape index (κ3) is 9.84. The van der Waals surface area contributed by atoms with Gasteiger partial charge in [0.2, 0.25) is 0 Å². The molecule has 1 N–H and O–H groups in total. The first-order valence-electron chi connectivity index (χ1n) is 5.80. The van der Waals surface area contributed by atoms with E-state index in [1.807, 2.05) is 20.8 Å². The topological polar surface area (TPSA) is 72.8 Å². The lowest BCUT2D eigenvalue weighted by Gasteiger charge is -2.27. The number of carboxylic acid groups (broad SMARTS) is 1. The summed E-state index contributed by atoms with van der Waals surface area (Å²) >= 11 is 0. The Labute approximate surface area is 108 Å². The van der Waals surface area contributed by atoms with Gasteiger partial charge in [-0.1, -0.05) is 0 Å². The Morgan fingerprint density at radius 1 is 1.11 bits per heavy atom. The molecule has 0 saturated carbocycles. The first-order valence-corrected chi connectivity index (χ1v) is 5.80. The number of hydrogen-bond acceptors (Lipinski definition) is 4. The lowest BCUT2D eigenvalue weighted by atomic mass is 10.1. The Bertz CT molecular complexity index is 323. The van der Waals surface area contributed by atoms with Crippen molar-refractivity contribution in [2.75, 3.05) is 6.61 Å². The number of ether oxygens (including phenoxy) is 2. The van der Waals surface area contributed by atoms with Crippen molar-refractivity contribution in [3.8, 4) is 0 Å². The van der Waals surface area contributed by atoms with Gasteiger partial charge >= 0.3 is 11.9 Å². The summed E-state index contributed by atoms with van der Waals surface area (Å²) < 4.78 is 10.7. The number of aliphatic carboxylic acids is 1. The molecule has 0 unspecified atom stereocenters. The number of carbonyl (C=O) groups is 2. The predicted molar refractivity (Wildman–Crippen MR) is 67.3 cm³/mol. The Morgan fingerprint density at radius 2 is 1.67 bits per heavy atom. The van der Waals surface area contributed by atoms with Crippen LogP contribution in [-0.2, 0) is 19.1 Å². The highest BCUT2D eigenvalue weighted by Crippen LogP contribution is 2.17. The summed E-state index contributed by atoms with van der Waals surface area (Å²) in [6, 6.07) is 0. The average molecular weight is 258 g/mol. The summed E-state index contributed by atoms with van der Waals surface area (Å²) in [5, 5.41) is 8.38. The molecular formula is C13H22O5. The van der Waals surface area contributed by atoms with Crippen LogP contribution < -0.4 is 0 Å². The summed E-state index contributed by atoms with van der Waals surface area (Å²) in [5.74, 6) is -1.85. The van der Waals surface area contributed by atoms with E-state index in [1.54, 1.807) is 13.8 Å². The largest absolute Gasteiger partial charge is 0.478 e. The third-order valence-corrected chi connectivity index (χ3v) is 1.98. The molecule has 0 aromatic rings. The molecule has 0 aliphatic carbocycles. The zero-order valence-electron chi connectivity index (χ0n) is 11.6. The first kappa shape index (κ1) is 16.6. The SMILES string of the molecule is CC(C)(C)OCCC(C)(C)OC(=O)C=CC(=O)O. The van der Waals surface area contributed by atoms with Gasteiger partial charge in [0, 0.05) is 18.6 Å². The molecule has 0 radical (unpaired) electrons. The molecule has 0 bridgehead atoms. The number of carbonyl (C=O) groups excluding carboxylic acids is 1. The lowest BCUT2D eigenvalue weighted by Crippen LogP contribution is -2.31. The minimum Gasteiger partial charge on any atom is -0.478 e. The van der Waals surface area contributed by atoms with E-state index < -0.39 is 17.5 Å². The summed E-state index contributed by atoms with van der Waals surface area (Å²) in [6.07, 6.45) is 2.19. The molecular weight excluding hydrogens is 236 g/mol. The standard InChI is InChI=1S/C13H22O5/c1-12(2,3)17-9-8-13(4,5)18-11(16)7-6-10(14)15/h6-7H,8-9H2,1-5H3,(H,14,15). The summed E-state index contributed by atoms with van der Waals surface area (Å²) in [4.78, 5) is 21.5. The molecule has 0 aromatic heterocycles. The fourth-order valence-electron chi connectivity index (χ4n) is 1.10. The maximum Gasteiger partial charge on any atom is 0.331 e. The van der Waals surface area contributed by atoms with Crippen molar-refractivity contribution in [2.45, 2.75) is 52.2 Å². The Balaban J connectivity index is 4.14. The number of rotatable bonds is 6. The molecule has 104 valence electrons. The monoisotopic (exact) mass is 258 g/mol. The summed E-state index contributed by atoms with van der Waals surface area (Å²) in [5.41, 5.74) is -0.922. The zero-order chi connectivity index (χ0) is 14.4. The van der Waals surface area contributed by atoms with Gasteiger partial charge < -0.3 is 14.6 Å². The van der Waals surface area contributed by atoms with Gasteiger partial charge in [-0.05, 0) is 34.6 Å². The highest BCUT2D eigenvalue weighted by Gasteiger charge is 2.23. The van der Waals surface area contributed by atoms with Crippen LogP contribution in [0.3, 0.4) is 0 Å². The Morgan fingerprint density at radius 3 is 2.11 bits per heavy atom. The maximum absolute atomic E-state index is 11.3. The van der Waals surface area contributed by atoms with E-state index >= 15 is 0 Å². The van der Waals surface area contributed by atoms with Crippen LogP contribution in [-0.4, -0.2) is 34.9 Å². The van der Waals surface area contributed by atoms with Crippen molar-refractivity contribution in [1.29, 1.82) is 0 Å². The highest BCUT2D eigenvalue weighted by molar-refractivity contribution is 5.90. The van der Waals surface area contributed by atoms with Crippen molar-refractivity contribution in [2.24, 2.45) is 0 Å².